The van der Waals surface area contributed by atoms with Crippen LogP contribution in [-0.4, -0.2) is 0 Å². The van der Waals surface area contributed by atoms with Crippen molar-refractivity contribution in [3.05, 3.63) is 19.6 Å². The zero-order valence-electron chi connectivity index (χ0n) is 2.35. The summed E-state index contributed by atoms with van der Waals surface area (Å²) in [5.41, 5.74) is 0. The molecule has 0 aliphatic heterocycles. The van der Waals surface area contributed by atoms with Gasteiger partial charge in [-0.2, -0.15) is 0 Å². The Balaban J connectivity index is 0. The number of rotatable bonds is 0. The summed E-state index contributed by atoms with van der Waals surface area (Å²) in [4.78, 5) is 0. The van der Waals surface area contributed by atoms with Gasteiger partial charge in [0.25, 0.3) is 0 Å². The fourth-order valence-electron chi connectivity index (χ4n) is 0. The largest absolute Gasteiger partial charge is 2.00 e. The summed E-state index contributed by atoms with van der Waals surface area (Å²) in [5, 5.41) is 0. The molecule has 0 spiro atoms. The smallest absolute Gasteiger partial charge is 0.245 e. The minimum Gasteiger partial charge on any atom is -0.245 e. The summed E-state index contributed by atoms with van der Waals surface area (Å²) in [6.07, 6.45) is 1.50. The van der Waals surface area contributed by atoms with Gasteiger partial charge < -0.3 is 0 Å². The Bertz CT molecular complexity index is 10.8. The molecule has 0 N–H and O–H groups in total. The average molecular weight is 142 g/mol. The molecule has 0 aromatic carbocycles. The van der Waals surface area contributed by atoms with Crippen LogP contribution in [0, 0.1) is 6.92 Å². The first-order valence-electron chi connectivity index (χ1n) is 0.816. The molecule has 4 heavy (non-hydrogen) atoms. The molecule has 0 amide bonds. The number of hydrogen-bond donors (Lipinski definition) is 0. The molecule has 0 atom stereocenters. The maximum atomic E-state index is 3.25. The zero-order valence-corrected chi connectivity index (χ0v) is 4.08. The van der Waals surface area contributed by atoms with Crippen molar-refractivity contribution in [2.24, 2.45) is 0 Å². The molecule has 0 rings (SSSR count). The topological polar surface area (TPSA) is 0 Å². The van der Waals surface area contributed by atoms with Crippen LogP contribution in [0.1, 0.15) is 0 Å². The van der Waals surface area contributed by atoms with Gasteiger partial charge in [0.05, 0.1) is 0 Å². The Kier molecular flexibility index (Phi) is 23.5. The monoisotopic (exact) mass is 143 g/mol. The third-order valence-corrected chi connectivity index (χ3v) is 0. The minimum atomic E-state index is 0. The Morgan fingerprint density at radius 1 is 1.75 bits per heavy atom. The van der Waals surface area contributed by atoms with Gasteiger partial charge in [-0.15, -0.1) is 0 Å². The maximum Gasteiger partial charge on any atom is 2.00 e. The van der Waals surface area contributed by atoms with E-state index in [1.807, 2.05) is 0 Å². The van der Waals surface area contributed by atoms with E-state index in [4.69, 9.17) is 0 Å². The molecule has 24 valence electrons. The van der Waals surface area contributed by atoms with Gasteiger partial charge >= 0.3 is 19.5 Å². The molecule has 0 saturated carbocycles. The second kappa shape index (κ2) is 10.6. The third kappa shape index (κ3) is 62.4. The summed E-state index contributed by atoms with van der Waals surface area (Å²) >= 11 is 0. The van der Waals surface area contributed by atoms with E-state index in [1.165, 1.54) is 6.08 Å². The summed E-state index contributed by atoms with van der Waals surface area (Å²) in [6.45, 7) is 6.50. The first-order valence-corrected chi connectivity index (χ1v) is 0.816. The van der Waals surface area contributed by atoms with Gasteiger partial charge in [-0.3, -0.25) is 0 Å². The van der Waals surface area contributed by atoms with Crippen LogP contribution in [0.3, 0.4) is 0 Å². The van der Waals surface area contributed by atoms with Gasteiger partial charge in [0, 0.05) is 0 Å². The molecule has 0 heterocycles. The average Bonchev–Trinajstić information content (AvgIpc) is 0.918. The van der Waals surface area contributed by atoms with E-state index >= 15 is 0 Å². The Labute approximate surface area is 39.7 Å². The second-order valence-corrected chi connectivity index (χ2v) is 0.289. The van der Waals surface area contributed by atoms with E-state index in [-0.39, 0.29) is 19.5 Å². The maximum absolute atomic E-state index is 3.25. The molecule has 0 bridgehead atoms. The van der Waals surface area contributed by atoms with Gasteiger partial charge in [-0.25, -0.2) is 19.6 Å². The van der Waals surface area contributed by atoms with Crippen molar-refractivity contribution in [3.8, 4) is 0 Å². The minimum absolute atomic E-state index is 0. The predicted molar refractivity (Wildman–Crippen MR) is 15.6 cm³/mol. The molecule has 1 heteroatoms. The van der Waals surface area contributed by atoms with Gasteiger partial charge in [0.2, 0.25) is 0 Å². The van der Waals surface area contributed by atoms with Crippen molar-refractivity contribution >= 4 is 0 Å². The van der Waals surface area contributed by atoms with Crippen molar-refractivity contribution in [2.75, 3.05) is 0 Å². The summed E-state index contributed by atoms with van der Waals surface area (Å²) in [5.74, 6) is 0. The molecule has 0 aliphatic carbocycles. The first-order chi connectivity index (χ1) is 1.41. The fraction of sp³-hybridized carbons (Fsp3) is 0. The van der Waals surface area contributed by atoms with E-state index < -0.39 is 0 Å². The van der Waals surface area contributed by atoms with E-state index in [2.05, 4.69) is 13.5 Å². The zero-order chi connectivity index (χ0) is 2.71. The van der Waals surface area contributed by atoms with E-state index in [0.29, 0.717) is 0 Å². The standard InChI is InChI=1S/C3H5.Ru/c1-3-2;/h3H,1-2H2;/q-1;+2. The summed E-state index contributed by atoms with van der Waals surface area (Å²) < 4.78 is 0. The Hall–Kier alpha value is 0.233. The number of hydrogen-bond acceptors (Lipinski definition) is 0. The van der Waals surface area contributed by atoms with Crippen molar-refractivity contribution in [1.82, 2.24) is 0 Å². The van der Waals surface area contributed by atoms with E-state index in [9.17, 15) is 0 Å². The molecule has 0 aromatic heterocycles. The third-order valence-electron chi connectivity index (χ3n) is 0. The van der Waals surface area contributed by atoms with E-state index in [0.717, 1.165) is 0 Å². The molecule has 0 aromatic rings. The van der Waals surface area contributed by atoms with Gasteiger partial charge in [0.1, 0.15) is 0 Å². The van der Waals surface area contributed by atoms with Gasteiger partial charge in [-0.05, 0) is 0 Å². The normalized spacial score (nSPS) is 3.00. The summed E-state index contributed by atoms with van der Waals surface area (Å²) in [6, 6.07) is 0. The van der Waals surface area contributed by atoms with Crippen LogP contribution in [0.15, 0.2) is 12.7 Å². The Morgan fingerprint density at radius 2 is 1.75 bits per heavy atom. The van der Waals surface area contributed by atoms with Crippen molar-refractivity contribution in [3.63, 3.8) is 0 Å². The van der Waals surface area contributed by atoms with E-state index in [1.54, 1.807) is 0 Å². The van der Waals surface area contributed by atoms with Crippen LogP contribution in [0.4, 0.5) is 0 Å². The molecule has 0 unspecified atom stereocenters. The molecular formula is C3H5Ru+. The quantitative estimate of drug-likeness (QED) is 0.349. The van der Waals surface area contributed by atoms with Crippen molar-refractivity contribution in [2.45, 2.75) is 0 Å². The van der Waals surface area contributed by atoms with Crippen molar-refractivity contribution in [1.29, 1.82) is 0 Å². The van der Waals surface area contributed by atoms with Crippen LogP contribution in [0.2, 0.25) is 0 Å². The van der Waals surface area contributed by atoms with Gasteiger partial charge in [0.15, 0.2) is 0 Å². The Morgan fingerprint density at radius 3 is 1.75 bits per heavy atom. The van der Waals surface area contributed by atoms with Crippen LogP contribution < -0.4 is 0 Å². The van der Waals surface area contributed by atoms with Crippen LogP contribution in [0.5, 0.6) is 0 Å². The number of allylic oxidation sites excluding steroid dienone is 1. The van der Waals surface area contributed by atoms with Crippen LogP contribution >= 0.6 is 0 Å². The van der Waals surface area contributed by atoms with Crippen LogP contribution in [-0.2, 0) is 19.5 Å². The molecular weight excluding hydrogens is 137 g/mol. The summed E-state index contributed by atoms with van der Waals surface area (Å²) in [7, 11) is 0. The van der Waals surface area contributed by atoms with Crippen LogP contribution in [0.25, 0.3) is 0 Å². The predicted octanol–water partition coefficient (Wildman–Crippen LogP) is 1.00. The second-order valence-electron chi connectivity index (χ2n) is 0.289. The fourth-order valence-corrected chi connectivity index (χ4v) is 0. The van der Waals surface area contributed by atoms with Gasteiger partial charge in [-0.1, -0.05) is 0 Å². The van der Waals surface area contributed by atoms with Crippen molar-refractivity contribution < 1.29 is 19.5 Å². The first kappa shape index (κ1) is 8.87. The SMILES string of the molecule is C=C[CH2-].[Ru+2]. The molecule has 0 aliphatic rings. The molecule has 0 radical (unpaired) electrons. The molecule has 0 fully saturated rings. The molecule has 0 saturated heterocycles. The molecule has 0 nitrogen and oxygen atoms in total.